The molecule has 0 saturated heterocycles. The lowest BCUT2D eigenvalue weighted by molar-refractivity contribution is 0.867. The molecule has 0 amide bonds. The van der Waals surface area contributed by atoms with Crippen LogP contribution in [-0.4, -0.2) is 9.97 Å². The van der Waals surface area contributed by atoms with Crippen molar-refractivity contribution in [1.82, 2.24) is 9.97 Å². The average molecular weight is 410 g/mol. The van der Waals surface area contributed by atoms with Crippen LogP contribution in [0.1, 0.15) is 42.5 Å². The van der Waals surface area contributed by atoms with E-state index < -0.39 is 0 Å². The molecule has 0 aliphatic rings. The molecule has 0 radical (unpaired) electrons. The molecule has 5 heteroatoms. The summed E-state index contributed by atoms with van der Waals surface area (Å²) in [4.78, 5) is 8.78. The van der Waals surface area contributed by atoms with E-state index in [1.54, 1.807) is 0 Å². The summed E-state index contributed by atoms with van der Waals surface area (Å²) < 4.78 is 0. The quantitative estimate of drug-likeness (QED) is 0.342. The highest BCUT2D eigenvalue weighted by Crippen LogP contribution is 2.31. The van der Waals surface area contributed by atoms with Crippen LogP contribution >= 0.6 is 0 Å². The van der Waals surface area contributed by atoms with Crippen molar-refractivity contribution >= 4 is 23.0 Å². The van der Waals surface area contributed by atoms with Crippen molar-refractivity contribution in [1.29, 1.82) is 0 Å². The Balaban J connectivity index is 1.62. The minimum absolute atomic E-state index is 0.0854. The van der Waals surface area contributed by atoms with E-state index in [1.807, 2.05) is 48.5 Å². The van der Waals surface area contributed by atoms with E-state index in [0.29, 0.717) is 23.2 Å². The van der Waals surface area contributed by atoms with Crippen molar-refractivity contribution < 1.29 is 0 Å². The fourth-order valence-corrected chi connectivity index (χ4v) is 3.49. The topological polar surface area (TPSA) is 75.9 Å². The van der Waals surface area contributed by atoms with Crippen molar-refractivity contribution in [3.63, 3.8) is 0 Å². The predicted octanol–water partition coefficient (Wildman–Crippen LogP) is 6.13. The summed E-state index contributed by atoms with van der Waals surface area (Å²) in [6.07, 6.45) is 1.52. The lowest BCUT2D eigenvalue weighted by Crippen LogP contribution is -2.15. The minimum atomic E-state index is -0.0854. The van der Waals surface area contributed by atoms with Gasteiger partial charge in [-0.2, -0.15) is 0 Å². The van der Waals surface area contributed by atoms with Gasteiger partial charge in [0.25, 0.3) is 0 Å². The van der Waals surface area contributed by atoms with Gasteiger partial charge >= 0.3 is 0 Å². The van der Waals surface area contributed by atoms with E-state index in [2.05, 4.69) is 70.8 Å². The van der Waals surface area contributed by atoms with E-state index >= 15 is 0 Å². The summed E-state index contributed by atoms with van der Waals surface area (Å²) in [7, 11) is 0. The number of nitrogens with one attached hydrogen (secondary N) is 2. The van der Waals surface area contributed by atoms with Crippen LogP contribution in [-0.2, 0) is 0 Å². The van der Waals surface area contributed by atoms with Gasteiger partial charge in [0.2, 0.25) is 0 Å². The summed E-state index contributed by atoms with van der Waals surface area (Å²) in [6, 6.07) is 28.8. The number of benzene rings is 3. The molecule has 0 bridgehead atoms. The first-order chi connectivity index (χ1) is 15.1. The number of nitrogens with zero attached hydrogens (tertiary/aromatic N) is 2. The molecule has 0 aliphatic heterocycles. The number of aromatic nitrogens is 2. The molecule has 4 N–H and O–H groups in total. The van der Waals surface area contributed by atoms with Crippen LogP contribution in [0.2, 0.25) is 0 Å². The van der Waals surface area contributed by atoms with Crippen LogP contribution in [0.25, 0.3) is 0 Å². The Hall–Kier alpha value is -3.86. The molecule has 0 unspecified atom stereocenters. The second-order valence-corrected chi connectivity index (χ2v) is 7.78. The van der Waals surface area contributed by atoms with Crippen LogP contribution < -0.4 is 16.4 Å². The first kappa shape index (κ1) is 20.4. The molecule has 156 valence electrons. The Labute approximate surface area is 183 Å². The second-order valence-electron chi connectivity index (χ2n) is 7.78. The van der Waals surface area contributed by atoms with Gasteiger partial charge in [-0.15, -0.1) is 0 Å². The third-order valence-electron chi connectivity index (χ3n) is 5.27. The average Bonchev–Trinajstić information content (AvgIpc) is 2.81. The highest BCUT2D eigenvalue weighted by atomic mass is 15.1. The maximum absolute atomic E-state index is 6.46. The third-order valence-corrected chi connectivity index (χ3v) is 5.27. The summed E-state index contributed by atoms with van der Waals surface area (Å²) in [5.41, 5.74) is 11.4. The number of nitrogen functional groups attached to an aromatic ring is 1. The Morgan fingerprint density at radius 3 is 1.77 bits per heavy atom. The van der Waals surface area contributed by atoms with Crippen molar-refractivity contribution in [3.05, 3.63) is 108 Å². The number of rotatable bonds is 7. The van der Waals surface area contributed by atoms with E-state index in [-0.39, 0.29) is 6.04 Å². The van der Waals surface area contributed by atoms with Gasteiger partial charge in [-0.1, -0.05) is 86.6 Å². The van der Waals surface area contributed by atoms with Crippen molar-refractivity contribution in [2.75, 3.05) is 16.4 Å². The molecule has 4 aromatic rings. The zero-order chi connectivity index (χ0) is 21.6. The molecular formula is C26H27N5. The van der Waals surface area contributed by atoms with Crippen LogP contribution in [0, 0.1) is 0 Å². The third kappa shape index (κ3) is 4.83. The largest absolute Gasteiger partial charge is 0.393 e. The Bertz CT molecular complexity index is 1070. The molecule has 1 aromatic heterocycles. The molecule has 0 aliphatic carbocycles. The van der Waals surface area contributed by atoms with Crippen LogP contribution in [0.15, 0.2) is 91.3 Å². The van der Waals surface area contributed by atoms with Gasteiger partial charge in [0.1, 0.15) is 12.0 Å². The molecule has 4 rings (SSSR count). The van der Waals surface area contributed by atoms with Crippen LogP contribution in [0.5, 0.6) is 0 Å². The maximum atomic E-state index is 6.46. The van der Waals surface area contributed by atoms with Crippen LogP contribution in [0.3, 0.4) is 0 Å². The monoisotopic (exact) mass is 409 g/mol. The molecule has 0 fully saturated rings. The fraction of sp³-hybridized carbons (Fsp3) is 0.154. The molecule has 1 heterocycles. The predicted molar refractivity (Wildman–Crippen MR) is 129 cm³/mol. The van der Waals surface area contributed by atoms with E-state index in [1.165, 1.54) is 11.9 Å². The summed E-state index contributed by atoms with van der Waals surface area (Å²) >= 11 is 0. The Kier molecular flexibility index (Phi) is 6.13. The van der Waals surface area contributed by atoms with Crippen LogP contribution in [0.4, 0.5) is 23.0 Å². The van der Waals surface area contributed by atoms with Crippen molar-refractivity contribution in [3.8, 4) is 0 Å². The second kappa shape index (κ2) is 9.30. The zero-order valence-electron chi connectivity index (χ0n) is 17.8. The number of nitrogens with two attached hydrogens (primary N) is 1. The standard InChI is InChI=1S/C26H27N5/c1-18(2)19-13-15-22(16-14-19)30-25-23(27)26(29-17-28-25)31-24(20-9-5-3-6-10-20)21-11-7-4-8-12-21/h3-18,24H,27H2,1-2H3,(H2,28,29,30,31). The summed E-state index contributed by atoms with van der Waals surface area (Å²) in [5.74, 6) is 1.66. The molecule has 0 saturated carbocycles. The Morgan fingerprint density at radius 2 is 1.23 bits per heavy atom. The minimum Gasteiger partial charge on any atom is -0.393 e. The molecule has 0 spiro atoms. The zero-order valence-corrected chi connectivity index (χ0v) is 17.8. The SMILES string of the molecule is CC(C)c1ccc(Nc2ncnc(NC(c3ccccc3)c3ccccc3)c2N)cc1. The van der Waals surface area contributed by atoms with E-state index in [4.69, 9.17) is 5.73 Å². The molecule has 0 atom stereocenters. The highest BCUT2D eigenvalue weighted by molar-refractivity contribution is 5.78. The van der Waals surface area contributed by atoms with Gasteiger partial charge in [0.05, 0.1) is 6.04 Å². The first-order valence-corrected chi connectivity index (χ1v) is 10.5. The summed E-state index contributed by atoms with van der Waals surface area (Å²) in [5, 5.41) is 6.83. The normalized spacial score (nSPS) is 11.0. The van der Waals surface area contributed by atoms with Crippen molar-refractivity contribution in [2.24, 2.45) is 0 Å². The maximum Gasteiger partial charge on any atom is 0.159 e. The molecule has 5 nitrogen and oxygen atoms in total. The van der Waals surface area contributed by atoms with Gasteiger partial charge in [0, 0.05) is 5.69 Å². The molecule has 3 aromatic carbocycles. The smallest absolute Gasteiger partial charge is 0.159 e. The number of anilines is 4. The first-order valence-electron chi connectivity index (χ1n) is 10.5. The Morgan fingerprint density at radius 1 is 0.677 bits per heavy atom. The fourth-order valence-electron chi connectivity index (χ4n) is 3.49. The summed E-state index contributed by atoms with van der Waals surface area (Å²) in [6.45, 7) is 4.36. The lowest BCUT2D eigenvalue weighted by atomic mass is 9.99. The van der Waals surface area contributed by atoms with Gasteiger partial charge in [0.15, 0.2) is 11.6 Å². The van der Waals surface area contributed by atoms with Gasteiger partial charge in [-0.05, 0) is 34.7 Å². The van der Waals surface area contributed by atoms with E-state index in [0.717, 1.165) is 16.8 Å². The van der Waals surface area contributed by atoms with E-state index in [9.17, 15) is 0 Å². The molecular weight excluding hydrogens is 382 g/mol. The number of hydrogen-bond donors (Lipinski definition) is 3. The van der Waals surface area contributed by atoms with Crippen molar-refractivity contribution in [2.45, 2.75) is 25.8 Å². The molecule has 31 heavy (non-hydrogen) atoms. The van der Waals surface area contributed by atoms with Gasteiger partial charge in [-0.25, -0.2) is 9.97 Å². The van der Waals surface area contributed by atoms with Gasteiger partial charge in [-0.3, -0.25) is 0 Å². The van der Waals surface area contributed by atoms with Gasteiger partial charge < -0.3 is 16.4 Å². The lowest BCUT2D eigenvalue weighted by Gasteiger charge is -2.22. The number of hydrogen-bond acceptors (Lipinski definition) is 5. The highest BCUT2D eigenvalue weighted by Gasteiger charge is 2.17.